The van der Waals surface area contributed by atoms with Crippen LogP contribution in [-0.4, -0.2) is 45.2 Å². The van der Waals surface area contributed by atoms with Gasteiger partial charge in [0.1, 0.15) is 0 Å². The van der Waals surface area contributed by atoms with E-state index in [1.165, 1.54) is 19.5 Å². The Kier molecular flexibility index (Phi) is 5.53. The number of ether oxygens (including phenoxy) is 1. The van der Waals surface area contributed by atoms with Crippen LogP contribution in [0.3, 0.4) is 0 Å². The zero-order valence-electron chi connectivity index (χ0n) is 14.4. The van der Waals surface area contributed by atoms with Crippen molar-refractivity contribution in [3.63, 3.8) is 0 Å². The van der Waals surface area contributed by atoms with Crippen molar-refractivity contribution in [1.29, 1.82) is 0 Å². The van der Waals surface area contributed by atoms with Gasteiger partial charge < -0.3 is 20.3 Å². The molecule has 1 heterocycles. The number of aliphatic hydroxyl groups excluding tert-OH is 1. The van der Waals surface area contributed by atoms with Crippen molar-refractivity contribution >= 4 is 5.97 Å². The van der Waals surface area contributed by atoms with Gasteiger partial charge in [-0.3, -0.25) is 4.68 Å². The summed E-state index contributed by atoms with van der Waals surface area (Å²) in [6.45, 7) is 0.832. The Hall–Kier alpha value is -2.45. The third-order valence-corrected chi connectivity index (χ3v) is 4.77. The highest BCUT2D eigenvalue weighted by atomic mass is 19.1. The monoisotopic (exact) mass is 363 g/mol. The minimum absolute atomic E-state index is 0.145. The smallest absolute Gasteiger partial charge is 0.338 e. The van der Waals surface area contributed by atoms with Gasteiger partial charge in [-0.25, -0.2) is 9.18 Å². The van der Waals surface area contributed by atoms with Crippen LogP contribution in [-0.2, 0) is 13.1 Å². The Bertz CT molecular complexity index is 780. The topological polar surface area (TPSA) is 96.6 Å². The molecule has 26 heavy (non-hydrogen) atoms. The second-order valence-electron chi connectivity index (χ2n) is 6.58. The summed E-state index contributed by atoms with van der Waals surface area (Å²) in [5.41, 5.74) is 0.630. The fourth-order valence-electron chi connectivity index (χ4n) is 3.42. The number of hydrogen-bond acceptors (Lipinski definition) is 5. The molecule has 0 bridgehead atoms. The zero-order chi connectivity index (χ0) is 18.7. The second-order valence-corrected chi connectivity index (χ2v) is 6.58. The van der Waals surface area contributed by atoms with Crippen LogP contribution in [0, 0.1) is 11.7 Å². The SMILES string of the molecule is COc1cccc(CN[C@@H]2CC(Cn3cc(C(=O)O)cn3)C[C@H]2O)c1F. The summed E-state index contributed by atoms with van der Waals surface area (Å²) in [5.74, 6) is -1.05. The molecule has 0 saturated heterocycles. The van der Waals surface area contributed by atoms with E-state index in [9.17, 15) is 14.3 Å². The number of carbonyl (C=O) groups is 1. The number of carboxylic acids is 1. The number of rotatable bonds is 7. The molecule has 1 aliphatic rings. The van der Waals surface area contributed by atoms with E-state index < -0.39 is 17.9 Å². The molecule has 1 saturated carbocycles. The van der Waals surface area contributed by atoms with Gasteiger partial charge >= 0.3 is 5.97 Å². The van der Waals surface area contributed by atoms with E-state index in [2.05, 4.69) is 10.4 Å². The minimum Gasteiger partial charge on any atom is -0.494 e. The summed E-state index contributed by atoms with van der Waals surface area (Å²) in [7, 11) is 1.42. The summed E-state index contributed by atoms with van der Waals surface area (Å²) in [4.78, 5) is 10.9. The first-order chi connectivity index (χ1) is 12.5. The van der Waals surface area contributed by atoms with Crippen molar-refractivity contribution in [2.45, 2.75) is 38.1 Å². The van der Waals surface area contributed by atoms with Crippen LogP contribution in [0.4, 0.5) is 4.39 Å². The summed E-state index contributed by atoms with van der Waals surface area (Å²) >= 11 is 0. The lowest BCUT2D eigenvalue weighted by atomic mass is 10.1. The molecule has 0 spiro atoms. The lowest BCUT2D eigenvalue weighted by Gasteiger charge is -2.17. The van der Waals surface area contributed by atoms with Crippen molar-refractivity contribution < 1.29 is 24.1 Å². The van der Waals surface area contributed by atoms with Gasteiger partial charge in [0.2, 0.25) is 0 Å². The highest BCUT2D eigenvalue weighted by molar-refractivity contribution is 5.86. The van der Waals surface area contributed by atoms with E-state index in [1.54, 1.807) is 22.9 Å². The van der Waals surface area contributed by atoms with Crippen LogP contribution < -0.4 is 10.1 Å². The average Bonchev–Trinajstić information content (AvgIpc) is 3.21. The summed E-state index contributed by atoms with van der Waals surface area (Å²) in [5, 5.41) is 26.5. The van der Waals surface area contributed by atoms with Crippen LogP contribution >= 0.6 is 0 Å². The van der Waals surface area contributed by atoms with E-state index in [4.69, 9.17) is 9.84 Å². The molecule has 0 aliphatic heterocycles. The van der Waals surface area contributed by atoms with Crippen LogP contribution in [0.2, 0.25) is 0 Å². The molecule has 3 atom stereocenters. The number of halogens is 1. The van der Waals surface area contributed by atoms with Crippen LogP contribution in [0.15, 0.2) is 30.6 Å². The van der Waals surface area contributed by atoms with Crippen LogP contribution in [0.1, 0.15) is 28.8 Å². The van der Waals surface area contributed by atoms with Crippen molar-refractivity contribution in [2.24, 2.45) is 5.92 Å². The number of aromatic nitrogens is 2. The van der Waals surface area contributed by atoms with Gasteiger partial charge in [0.05, 0.1) is 25.0 Å². The largest absolute Gasteiger partial charge is 0.494 e. The van der Waals surface area contributed by atoms with E-state index in [1.807, 2.05) is 0 Å². The number of nitrogens with one attached hydrogen (secondary N) is 1. The van der Waals surface area contributed by atoms with Crippen LogP contribution in [0.25, 0.3) is 0 Å². The number of aromatic carboxylic acids is 1. The van der Waals surface area contributed by atoms with Crippen LogP contribution in [0.5, 0.6) is 5.75 Å². The normalized spacial score (nSPS) is 22.5. The fraction of sp³-hybridized carbons (Fsp3) is 0.444. The predicted octanol–water partition coefficient (Wildman–Crippen LogP) is 1.66. The van der Waals surface area contributed by atoms with Crippen molar-refractivity contribution in [3.8, 4) is 5.75 Å². The first-order valence-corrected chi connectivity index (χ1v) is 8.46. The van der Waals surface area contributed by atoms with Gasteiger partial charge in [-0.2, -0.15) is 5.10 Å². The Morgan fingerprint density at radius 1 is 1.46 bits per heavy atom. The molecule has 2 aromatic rings. The van der Waals surface area contributed by atoms with E-state index in [-0.39, 0.29) is 23.3 Å². The molecular weight excluding hydrogens is 341 g/mol. The summed E-state index contributed by atoms with van der Waals surface area (Å²) < 4.78 is 20.8. The molecule has 1 unspecified atom stereocenters. The van der Waals surface area contributed by atoms with E-state index in [0.29, 0.717) is 31.5 Å². The first-order valence-electron chi connectivity index (χ1n) is 8.46. The maximum absolute atomic E-state index is 14.2. The number of nitrogens with zero attached hydrogens (tertiary/aromatic N) is 2. The number of hydrogen-bond donors (Lipinski definition) is 3. The maximum Gasteiger partial charge on any atom is 0.338 e. The van der Waals surface area contributed by atoms with E-state index >= 15 is 0 Å². The van der Waals surface area contributed by atoms with Gasteiger partial charge in [0.15, 0.2) is 11.6 Å². The first kappa shape index (κ1) is 18.3. The molecule has 0 amide bonds. The van der Waals surface area contributed by atoms with Gasteiger partial charge in [-0.15, -0.1) is 0 Å². The standard InChI is InChI=1S/C18H22FN3O4/c1-26-16-4-2-3-12(17(16)19)7-20-14-5-11(6-15(14)23)9-22-10-13(8-21-22)18(24)25/h2-4,8,10-11,14-15,20,23H,5-7,9H2,1H3,(H,24,25)/t11?,14-,15-/m1/s1. The number of carboxylic acid groups (broad SMARTS) is 1. The van der Waals surface area contributed by atoms with Crippen molar-refractivity contribution in [2.75, 3.05) is 7.11 Å². The minimum atomic E-state index is -1.01. The molecular formula is C18H22FN3O4. The highest BCUT2D eigenvalue weighted by Crippen LogP contribution is 2.28. The number of aliphatic hydroxyl groups is 1. The molecule has 1 aromatic heterocycles. The number of benzene rings is 1. The summed E-state index contributed by atoms with van der Waals surface area (Å²) in [6.07, 6.45) is 3.55. The van der Waals surface area contributed by atoms with Gasteiger partial charge in [-0.05, 0) is 24.8 Å². The molecule has 1 aliphatic carbocycles. The predicted molar refractivity (Wildman–Crippen MR) is 91.5 cm³/mol. The Morgan fingerprint density at radius 3 is 2.96 bits per heavy atom. The van der Waals surface area contributed by atoms with Crippen molar-refractivity contribution in [1.82, 2.24) is 15.1 Å². The fourth-order valence-corrected chi connectivity index (χ4v) is 3.42. The molecule has 0 radical (unpaired) electrons. The molecule has 140 valence electrons. The Balaban J connectivity index is 1.56. The summed E-state index contributed by atoms with van der Waals surface area (Å²) in [6, 6.07) is 4.82. The highest BCUT2D eigenvalue weighted by Gasteiger charge is 2.33. The third kappa shape index (κ3) is 4.03. The number of methoxy groups -OCH3 is 1. The van der Waals surface area contributed by atoms with Gasteiger partial charge in [0, 0.05) is 30.9 Å². The average molecular weight is 363 g/mol. The Morgan fingerprint density at radius 2 is 2.27 bits per heavy atom. The lowest BCUT2D eigenvalue weighted by molar-refractivity contribution is 0.0696. The third-order valence-electron chi connectivity index (χ3n) is 4.77. The molecule has 7 nitrogen and oxygen atoms in total. The van der Waals surface area contributed by atoms with Gasteiger partial charge in [-0.1, -0.05) is 12.1 Å². The molecule has 3 N–H and O–H groups in total. The second kappa shape index (κ2) is 7.84. The van der Waals surface area contributed by atoms with Crippen molar-refractivity contribution in [3.05, 3.63) is 47.5 Å². The molecule has 8 heteroatoms. The van der Waals surface area contributed by atoms with Gasteiger partial charge in [0.25, 0.3) is 0 Å². The van der Waals surface area contributed by atoms with E-state index in [0.717, 1.165) is 0 Å². The zero-order valence-corrected chi connectivity index (χ0v) is 14.4. The molecule has 1 fully saturated rings. The maximum atomic E-state index is 14.2. The Labute approximate surface area is 150 Å². The molecule has 1 aromatic carbocycles. The lowest BCUT2D eigenvalue weighted by Crippen LogP contribution is -2.35. The molecule has 3 rings (SSSR count). The quantitative estimate of drug-likeness (QED) is 0.692.